The lowest BCUT2D eigenvalue weighted by molar-refractivity contribution is 0.0711. The first kappa shape index (κ1) is 12.3. The fraction of sp³-hybridized carbons (Fsp3) is 0.615. The minimum Gasteiger partial charge on any atom is -0.395 e. The summed E-state index contributed by atoms with van der Waals surface area (Å²) in [4.78, 5) is 14.2. The number of aromatic nitrogens is 1. The summed E-state index contributed by atoms with van der Waals surface area (Å²) in [5.41, 5.74) is 0.759. The van der Waals surface area contributed by atoms with Gasteiger partial charge in [0.2, 0.25) is 0 Å². The largest absolute Gasteiger partial charge is 0.395 e. The highest BCUT2D eigenvalue weighted by Gasteiger charge is 2.23. The summed E-state index contributed by atoms with van der Waals surface area (Å²) in [5, 5.41) is 9.29. The first-order valence-electron chi connectivity index (χ1n) is 6.21. The van der Waals surface area contributed by atoms with Gasteiger partial charge in [0.1, 0.15) is 0 Å². The Morgan fingerprint density at radius 1 is 1.53 bits per heavy atom. The van der Waals surface area contributed by atoms with E-state index >= 15 is 0 Å². The van der Waals surface area contributed by atoms with Crippen LogP contribution in [0, 0.1) is 0 Å². The summed E-state index contributed by atoms with van der Waals surface area (Å²) in [6, 6.07) is 2.01. The molecule has 0 aliphatic carbocycles. The number of hydrogen-bond donors (Lipinski definition) is 1. The third kappa shape index (κ3) is 2.96. The van der Waals surface area contributed by atoms with Gasteiger partial charge in [0.15, 0.2) is 5.78 Å². The highest BCUT2D eigenvalue weighted by Crippen LogP contribution is 2.17. The van der Waals surface area contributed by atoms with E-state index in [9.17, 15) is 9.90 Å². The standard InChI is InChI=1S/C13H20N2O2/c1-14-7-5-11(8-14)13(17)9-15-6-3-2-4-12(15)10-16/h5,7-8,12,16H,2-4,6,9-10H2,1H3. The molecule has 0 amide bonds. The molecule has 1 unspecified atom stereocenters. The summed E-state index contributed by atoms with van der Waals surface area (Å²) >= 11 is 0. The maximum absolute atomic E-state index is 12.1. The van der Waals surface area contributed by atoms with Crippen LogP contribution in [0.3, 0.4) is 0 Å². The zero-order valence-electron chi connectivity index (χ0n) is 10.3. The normalized spacial score (nSPS) is 21.6. The molecular formula is C13H20N2O2. The second kappa shape index (κ2) is 5.47. The average Bonchev–Trinajstić information content (AvgIpc) is 2.77. The molecule has 0 radical (unpaired) electrons. The molecule has 0 spiro atoms. The molecule has 0 aromatic carbocycles. The first-order chi connectivity index (χ1) is 8.20. The van der Waals surface area contributed by atoms with Gasteiger partial charge in [-0.05, 0) is 25.5 Å². The number of piperidine rings is 1. The molecule has 2 rings (SSSR count). The molecule has 0 bridgehead atoms. The van der Waals surface area contributed by atoms with Crippen molar-refractivity contribution in [2.75, 3.05) is 19.7 Å². The molecule has 4 nitrogen and oxygen atoms in total. The Balaban J connectivity index is 1.97. The Morgan fingerprint density at radius 3 is 3.00 bits per heavy atom. The molecule has 1 aliphatic heterocycles. The lowest BCUT2D eigenvalue weighted by Crippen LogP contribution is -2.44. The van der Waals surface area contributed by atoms with Gasteiger partial charge in [0.25, 0.3) is 0 Å². The fourth-order valence-electron chi connectivity index (χ4n) is 2.42. The smallest absolute Gasteiger partial charge is 0.178 e. The molecular weight excluding hydrogens is 216 g/mol. The predicted octanol–water partition coefficient (Wildman–Crippen LogP) is 1.05. The van der Waals surface area contributed by atoms with Gasteiger partial charge >= 0.3 is 0 Å². The van der Waals surface area contributed by atoms with Crippen LogP contribution in [0.1, 0.15) is 29.6 Å². The van der Waals surface area contributed by atoms with E-state index in [0.29, 0.717) is 6.54 Å². The molecule has 94 valence electrons. The molecule has 17 heavy (non-hydrogen) atoms. The number of nitrogens with zero attached hydrogens (tertiary/aromatic N) is 2. The van der Waals surface area contributed by atoms with E-state index in [1.807, 2.05) is 30.1 Å². The first-order valence-corrected chi connectivity index (χ1v) is 6.21. The summed E-state index contributed by atoms with van der Waals surface area (Å²) in [6.45, 7) is 1.50. The Labute approximate surface area is 102 Å². The number of likely N-dealkylation sites (tertiary alicyclic amines) is 1. The number of hydrogen-bond acceptors (Lipinski definition) is 3. The number of ketones is 1. The fourth-order valence-corrected chi connectivity index (χ4v) is 2.42. The summed E-state index contributed by atoms with van der Waals surface area (Å²) < 4.78 is 1.88. The minimum absolute atomic E-state index is 0.144. The van der Waals surface area contributed by atoms with E-state index in [1.165, 1.54) is 0 Å². The minimum atomic E-state index is 0.144. The van der Waals surface area contributed by atoms with E-state index in [2.05, 4.69) is 4.90 Å². The van der Waals surface area contributed by atoms with Crippen molar-refractivity contribution < 1.29 is 9.90 Å². The second-order valence-corrected chi connectivity index (χ2v) is 4.79. The lowest BCUT2D eigenvalue weighted by atomic mass is 10.0. The van der Waals surface area contributed by atoms with Gasteiger partial charge < -0.3 is 9.67 Å². The summed E-state index contributed by atoms with van der Waals surface area (Å²) in [5.74, 6) is 0.144. The van der Waals surface area contributed by atoms with Crippen LogP contribution in [-0.2, 0) is 7.05 Å². The molecule has 1 N–H and O–H groups in total. The maximum atomic E-state index is 12.1. The monoisotopic (exact) mass is 236 g/mol. The van der Waals surface area contributed by atoms with Crippen molar-refractivity contribution in [3.63, 3.8) is 0 Å². The van der Waals surface area contributed by atoms with Gasteiger partial charge in [-0.1, -0.05) is 6.42 Å². The van der Waals surface area contributed by atoms with Crippen LogP contribution < -0.4 is 0 Å². The highest BCUT2D eigenvalue weighted by atomic mass is 16.3. The quantitative estimate of drug-likeness (QED) is 0.795. The van der Waals surface area contributed by atoms with E-state index in [0.717, 1.165) is 31.4 Å². The Bertz CT molecular complexity index is 387. The van der Waals surface area contributed by atoms with Crippen LogP contribution >= 0.6 is 0 Å². The van der Waals surface area contributed by atoms with Crippen LogP contribution in [0.5, 0.6) is 0 Å². The van der Waals surface area contributed by atoms with Crippen LogP contribution in [0.25, 0.3) is 0 Å². The van der Waals surface area contributed by atoms with Gasteiger partial charge in [-0.2, -0.15) is 0 Å². The molecule has 0 saturated carbocycles. The van der Waals surface area contributed by atoms with Crippen molar-refractivity contribution in [1.82, 2.24) is 9.47 Å². The van der Waals surface area contributed by atoms with E-state index in [4.69, 9.17) is 0 Å². The number of carbonyl (C=O) groups is 1. The number of aliphatic hydroxyl groups excluding tert-OH is 1. The van der Waals surface area contributed by atoms with Crippen molar-refractivity contribution in [3.05, 3.63) is 24.0 Å². The van der Waals surface area contributed by atoms with Crippen LogP contribution in [0.4, 0.5) is 0 Å². The van der Waals surface area contributed by atoms with Crippen LogP contribution in [0.15, 0.2) is 18.5 Å². The van der Waals surface area contributed by atoms with Crippen molar-refractivity contribution in [2.45, 2.75) is 25.3 Å². The Hall–Kier alpha value is -1.13. The Morgan fingerprint density at radius 2 is 2.35 bits per heavy atom. The van der Waals surface area contributed by atoms with Crippen molar-refractivity contribution in [3.8, 4) is 0 Å². The average molecular weight is 236 g/mol. The van der Waals surface area contributed by atoms with Crippen LogP contribution in [0.2, 0.25) is 0 Å². The van der Waals surface area contributed by atoms with Crippen molar-refractivity contribution >= 4 is 5.78 Å². The topological polar surface area (TPSA) is 45.5 Å². The van der Waals surface area contributed by atoms with E-state index < -0.39 is 0 Å². The number of Topliss-reactive ketones (excluding diaryl/α,β-unsaturated/α-hetero) is 1. The third-order valence-electron chi connectivity index (χ3n) is 3.46. The molecule has 1 aliphatic rings. The third-order valence-corrected chi connectivity index (χ3v) is 3.46. The van der Waals surface area contributed by atoms with E-state index in [1.54, 1.807) is 0 Å². The second-order valence-electron chi connectivity index (χ2n) is 4.79. The summed E-state index contributed by atoms with van der Waals surface area (Å²) in [6.07, 6.45) is 7.01. The van der Waals surface area contributed by atoms with Gasteiger partial charge in [-0.25, -0.2) is 0 Å². The van der Waals surface area contributed by atoms with Crippen molar-refractivity contribution in [2.24, 2.45) is 7.05 Å². The maximum Gasteiger partial charge on any atom is 0.178 e. The Kier molecular flexibility index (Phi) is 3.97. The van der Waals surface area contributed by atoms with E-state index in [-0.39, 0.29) is 18.4 Å². The molecule has 1 atom stereocenters. The predicted molar refractivity (Wildman–Crippen MR) is 66.0 cm³/mol. The molecule has 2 heterocycles. The van der Waals surface area contributed by atoms with Gasteiger partial charge in [-0.3, -0.25) is 9.69 Å². The number of aliphatic hydroxyl groups is 1. The van der Waals surface area contributed by atoms with Crippen molar-refractivity contribution in [1.29, 1.82) is 0 Å². The molecule has 1 saturated heterocycles. The number of carbonyl (C=O) groups excluding carboxylic acids is 1. The van der Waals surface area contributed by atoms with Gasteiger partial charge in [0.05, 0.1) is 13.2 Å². The molecule has 4 heteroatoms. The number of rotatable bonds is 4. The highest BCUT2D eigenvalue weighted by molar-refractivity contribution is 5.97. The van der Waals surface area contributed by atoms with Crippen LogP contribution in [-0.4, -0.2) is 46.1 Å². The molecule has 1 aromatic heterocycles. The summed E-state index contributed by atoms with van der Waals surface area (Å²) in [7, 11) is 1.91. The zero-order valence-corrected chi connectivity index (χ0v) is 10.3. The SMILES string of the molecule is Cn1ccc(C(=O)CN2CCCCC2CO)c1. The number of aryl methyl sites for hydroxylation is 1. The van der Waals surface area contributed by atoms with Gasteiger partial charge in [0, 0.05) is 31.0 Å². The zero-order chi connectivity index (χ0) is 12.3. The van der Waals surface area contributed by atoms with Gasteiger partial charge in [-0.15, -0.1) is 0 Å². The molecule has 1 fully saturated rings. The lowest BCUT2D eigenvalue weighted by Gasteiger charge is -2.33. The molecule has 1 aromatic rings.